The fourth-order valence-corrected chi connectivity index (χ4v) is 0.349. The van der Waals surface area contributed by atoms with E-state index >= 15 is 0 Å². The molecule has 0 aliphatic rings. The molecule has 0 spiro atoms. The van der Waals surface area contributed by atoms with E-state index in [0.29, 0.717) is 0 Å². The van der Waals surface area contributed by atoms with Crippen LogP contribution in [0.1, 0.15) is 6.92 Å². The van der Waals surface area contributed by atoms with Crippen molar-refractivity contribution in [2.24, 2.45) is 0 Å². The van der Waals surface area contributed by atoms with Crippen molar-refractivity contribution < 1.29 is 4.79 Å². The zero-order valence-corrected chi connectivity index (χ0v) is 5.45. The Morgan fingerprint density at radius 2 is 1.44 bits per heavy atom. The van der Waals surface area contributed by atoms with E-state index in [1.165, 1.54) is 6.08 Å². The van der Waals surface area contributed by atoms with Gasteiger partial charge in [0.25, 0.3) is 0 Å². The van der Waals surface area contributed by atoms with Gasteiger partial charge in [-0.1, -0.05) is 30.4 Å². The van der Waals surface area contributed by atoms with E-state index in [1.54, 1.807) is 12.2 Å². The molecule has 48 valence electrons. The Morgan fingerprint density at radius 3 is 2.00 bits per heavy atom. The van der Waals surface area contributed by atoms with Gasteiger partial charge in [0, 0.05) is 0 Å². The molecule has 1 heteroatoms. The lowest BCUT2D eigenvalue weighted by Gasteiger charge is -1.68. The van der Waals surface area contributed by atoms with Gasteiger partial charge in [0.15, 0.2) is 0 Å². The predicted molar refractivity (Wildman–Crippen MR) is 39.2 cm³/mol. The van der Waals surface area contributed by atoms with Crippen molar-refractivity contribution >= 4 is 6.29 Å². The number of hydrogen-bond acceptors (Lipinski definition) is 1. The van der Waals surface area contributed by atoms with Crippen LogP contribution in [0.2, 0.25) is 0 Å². The molecule has 0 aromatic carbocycles. The summed E-state index contributed by atoms with van der Waals surface area (Å²) in [4.78, 5) is 9.70. The summed E-state index contributed by atoms with van der Waals surface area (Å²) >= 11 is 0. The maximum Gasteiger partial charge on any atom is 0.142 e. The fraction of sp³-hybridized carbons (Fsp3) is 0.125. The van der Waals surface area contributed by atoms with Gasteiger partial charge in [0.05, 0.1) is 0 Å². The molecule has 0 aliphatic heterocycles. The number of rotatable bonds is 3. The maximum absolute atomic E-state index is 9.70. The standard InChI is InChI=1S/C8H10O/c1-2-3-4-5-6-7-8-9/h2-8H,1H3/b3-2?,5-4?,7-6+. The molecule has 0 aliphatic carbocycles. The number of allylic oxidation sites excluding steroid dienone is 6. The van der Waals surface area contributed by atoms with Crippen molar-refractivity contribution in [1.29, 1.82) is 0 Å². The molecule has 0 aromatic rings. The van der Waals surface area contributed by atoms with Gasteiger partial charge >= 0.3 is 0 Å². The molecule has 0 fully saturated rings. The van der Waals surface area contributed by atoms with Crippen LogP contribution in [-0.2, 0) is 4.79 Å². The topological polar surface area (TPSA) is 17.1 Å². The molecule has 0 bridgehead atoms. The molecule has 0 heterocycles. The molecule has 9 heavy (non-hydrogen) atoms. The second kappa shape index (κ2) is 6.89. The number of carbonyl (C=O) groups is 1. The third-order valence-electron chi connectivity index (χ3n) is 0.715. The van der Waals surface area contributed by atoms with Crippen LogP contribution < -0.4 is 0 Å². The smallest absolute Gasteiger partial charge is 0.142 e. The first kappa shape index (κ1) is 7.89. The Hall–Kier alpha value is -1.11. The van der Waals surface area contributed by atoms with Crippen LogP contribution in [-0.4, -0.2) is 6.29 Å². The van der Waals surface area contributed by atoms with E-state index in [9.17, 15) is 4.79 Å². The molecular weight excluding hydrogens is 112 g/mol. The van der Waals surface area contributed by atoms with Crippen LogP contribution in [0.3, 0.4) is 0 Å². The van der Waals surface area contributed by atoms with Crippen LogP contribution in [0, 0.1) is 0 Å². The Labute approximate surface area is 55.4 Å². The van der Waals surface area contributed by atoms with E-state index in [4.69, 9.17) is 0 Å². The van der Waals surface area contributed by atoms with Crippen molar-refractivity contribution in [3.63, 3.8) is 0 Å². The lowest BCUT2D eigenvalue weighted by molar-refractivity contribution is -0.104. The monoisotopic (exact) mass is 122 g/mol. The van der Waals surface area contributed by atoms with Crippen LogP contribution in [0.5, 0.6) is 0 Å². The van der Waals surface area contributed by atoms with E-state index < -0.39 is 0 Å². The Balaban J connectivity index is 3.46. The molecule has 0 rings (SSSR count). The highest BCUT2D eigenvalue weighted by molar-refractivity contribution is 5.65. The Bertz CT molecular complexity index is 141. The second-order valence-electron chi connectivity index (χ2n) is 1.43. The van der Waals surface area contributed by atoms with E-state index in [-0.39, 0.29) is 0 Å². The average molecular weight is 122 g/mol. The summed E-state index contributed by atoms with van der Waals surface area (Å²) in [6.45, 7) is 1.94. The molecular formula is C8H10O. The molecule has 0 atom stereocenters. The van der Waals surface area contributed by atoms with Gasteiger partial charge in [-0.15, -0.1) is 0 Å². The second-order valence-corrected chi connectivity index (χ2v) is 1.43. The highest BCUT2D eigenvalue weighted by atomic mass is 16.1. The Morgan fingerprint density at radius 1 is 0.889 bits per heavy atom. The molecule has 0 radical (unpaired) electrons. The quantitative estimate of drug-likeness (QED) is 0.317. The number of hydrogen-bond donors (Lipinski definition) is 0. The summed E-state index contributed by atoms with van der Waals surface area (Å²) in [5.74, 6) is 0. The molecule has 0 saturated heterocycles. The van der Waals surface area contributed by atoms with Crippen molar-refractivity contribution in [3.8, 4) is 0 Å². The van der Waals surface area contributed by atoms with E-state index in [2.05, 4.69) is 0 Å². The minimum absolute atomic E-state index is 0.750. The normalized spacial score (nSPS) is 12.1. The summed E-state index contributed by atoms with van der Waals surface area (Å²) in [5, 5.41) is 0. The van der Waals surface area contributed by atoms with Gasteiger partial charge in [-0.2, -0.15) is 0 Å². The van der Waals surface area contributed by atoms with Gasteiger partial charge in [-0.3, -0.25) is 4.79 Å². The molecule has 0 saturated carbocycles. The molecule has 0 unspecified atom stereocenters. The lowest BCUT2D eigenvalue weighted by Crippen LogP contribution is -1.55. The third-order valence-corrected chi connectivity index (χ3v) is 0.715. The summed E-state index contributed by atoms with van der Waals surface area (Å²) < 4.78 is 0. The molecule has 0 N–H and O–H groups in total. The van der Waals surface area contributed by atoms with Crippen LogP contribution in [0.25, 0.3) is 0 Å². The first-order valence-electron chi connectivity index (χ1n) is 2.81. The molecule has 1 nitrogen and oxygen atoms in total. The molecule has 0 aromatic heterocycles. The number of aldehydes is 1. The highest BCUT2D eigenvalue weighted by Gasteiger charge is 1.59. The van der Waals surface area contributed by atoms with Crippen LogP contribution >= 0.6 is 0 Å². The summed E-state index contributed by atoms with van der Waals surface area (Å²) in [6.07, 6.45) is 11.4. The zero-order valence-electron chi connectivity index (χ0n) is 5.45. The van der Waals surface area contributed by atoms with Gasteiger partial charge < -0.3 is 0 Å². The van der Waals surface area contributed by atoms with Crippen molar-refractivity contribution in [2.45, 2.75) is 6.92 Å². The van der Waals surface area contributed by atoms with E-state index in [1.807, 2.05) is 25.2 Å². The van der Waals surface area contributed by atoms with Crippen molar-refractivity contribution in [3.05, 3.63) is 36.5 Å². The van der Waals surface area contributed by atoms with Gasteiger partial charge in [-0.25, -0.2) is 0 Å². The largest absolute Gasteiger partial charge is 0.299 e. The van der Waals surface area contributed by atoms with E-state index in [0.717, 1.165) is 6.29 Å². The predicted octanol–water partition coefficient (Wildman–Crippen LogP) is 1.87. The summed E-state index contributed by atoms with van der Waals surface area (Å²) in [7, 11) is 0. The van der Waals surface area contributed by atoms with Crippen molar-refractivity contribution in [1.82, 2.24) is 0 Å². The SMILES string of the molecule is CC=CC=C/C=C/C=O. The minimum Gasteiger partial charge on any atom is -0.299 e. The number of carbonyl (C=O) groups excluding carboxylic acids is 1. The minimum atomic E-state index is 0.750. The Kier molecular flexibility index (Phi) is 6.04. The molecule has 0 amide bonds. The highest BCUT2D eigenvalue weighted by Crippen LogP contribution is 1.77. The average Bonchev–Trinajstić information content (AvgIpc) is 1.89. The van der Waals surface area contributed by atoms with Gasteiger partial charge in [0.1, 0.15) is 6.29 Å². The fourth-order valence-electron chi connectivity index (χ4n) is 0.349. The van der Waals surface area contributed by atoms with Gasteiger partial charge in [-0.05, 0) is 13.0 Å². The first-order valence-corrected chi connectivity index (χ1v) is 2.81. The zero-order chi connectivity index (χ0) is 6.95. The first-order chi connectivity index (χ1) is 4.41. The van der Waals surface area contributed by atoms with Crippen LogP contribution in [0.4, 0.5) is 0 Å². The summed E-state index contributed by atoms with van der Waals surface area (Å²) in [6, 6.07) is 0. The van der Waals surface area contributed by atoms with Crippen LogP contribution in [0.15, 0.2) is 36.5 Å². The maximum atomic E-state index is 9.70. The van der Waals surface area contributed by atoms with Crippen molar-refractivity contribution in [2.75, 3.05) is 0 Å². The lowest BCUT2D eigenvalue weighted by atomic mass is 10.4. The summed E-state index contributed by atoms with van der Waals surface area (Å²) in [5.41, 5.74) is 0. The van der Waals surface area contributed by atoms with Gasteiger partial charge in [0.2, 0.25) is 0 Å². The third kappa shape index (κ3) is 6.89.